The highest BCUT2D eigenvalue weighted by atomic mass is 127. The lowest BCUT2D eigenvalue weighted by atomic mass is 10.3. The van der Waals surface area contributed by atoms with Gasteiger partial charge in [0.2, 0.25) is 0 Å². The number of nitrogens with two attached hydrogens (primary N) is 1. The first-order valence-corrected chi connectivity index (χ1v) is 3.67. The smallest absolute Gasteiger partial charge is 0.0806 e. The number of allylic oxidation sites excluding steroid dienone is 2. The first-order chi connectivity index (χ1) is 3.55. The van der Waals surface area contributed by atoms with E-state index in [4.69, 9.17) is 18.0 Å². The first kappa shape index (κ1) is 8.36. The van der Waals surface area contributed by atoms with Crippen LogP contribution < -0.4 is 5.73 Å². The van der Waals surface area contributed by atoms with Gasteiger partial charge in [0.05, 0.1) is 2.87 Å². The highest BCUT2D eigenvalue weighted by Crippen LogP contribution is 2.06. The quantitative estimate of drug-likeness (QED) is 0.329. The van der Waals surface area contributed by atoms with Crippen LogP contribution in [-0.4, -0.2) is 2.87 Å². The lowest BCUT2D eigenvalue weighted by Gasteiger charge is -1.95. The molecule has 1 nitrogen and oxygen atoms in total. The molecule has 0 bridgehead atoms. The average molecular weight is 241 g/mol. The van der Waals surface area contributed by atoms with Gasteiger partial charge in [-0.05, 0) is 42.0 Å². The van der Waals surface area contributed by atoms with Gasteiger partial charge in [0, 0.05) is 5.70 Å². The Labute approximate surface area is 68.5 Å². The number of halogens is 1. The third-order valence-electron chi connectivity index (χ3n) is 0.886. The molecule has 46 valence electrons. The van der Waals surface area contributed by atoms with Crippen molar-refractivity contribution in [2.75, 3.05) is 0 Å². The highest BCUT2D eigenvalue weighted by Gasteiger charge is 1.93. The van der Waals surface area contributed by atoms with Crippen molar-refractivity contribution in [3.8, 4) is 0 Å². The summed E-state index contributed by atoms with van der Waals surface area (Å²) in [5.74, 6) is 0. The minimum Gasteiger partial charge on any atom is -0.402 e. The van der Waals surface area contributed by atoms with Crippen LogP contribution in [0.4, 0.5) is 0 Å². The van der Waals surface area contributed by atoms with E-state index in [1.807, 2.05) is 13.8 Å². The van der Waals surface area contributed by atoms with Gasteiger partial charge in [-0.2, -0.15) is 0 Å². The van der Waals surface area contributed by atoms with Crippen molar-refractivity contribution in [1.82, 2.24) is 0 Å². The molecule has 3 heteroatoms. The minimum atomic E-state index is 0.810. The van der Waals surface area contributed by atoms with Crippen LogP contribution in [0.3, 0.4) is 0 Å². The SMILES string of the molecule is CC(N)=C(C)C(=S)I. The Kier molecular flexibility index (Phi) is 3.55. The maximum Gasteiger partial charge on any atom is 0.0806 e. The monoisotopic (exact) mass is 241 g/mol. The van der Waals surface area contributed by atoms with Gasteiger partial charge in [-0.25, -0.2) is 0 Å². The van der Waals surface area contributed by atoms with Gasteiger partial charge in [0.1, 0.15) is 0 Å². The van der Waals surface area contributed by atoms with Crippen LogP contribution in [0.25, 0.3) is 0 Å². The lowest BCUT2D eigenvalue weighted by molar-refractivity contribution is 1.27. The normalized spacial score (nSPS) is 12.9. The van der Waals surface area contributed by atoms with Crippen molar-refractivity contribution in [1.29, 1.82) is 0 Å². The Hall–Kier alpha value is 0.360. The van der Waals surface area contributed by atoms with Gasteiger partial charge in [0.15, 0.2) is 0 Å². The van der Waals surface area contributed by atoms with Gasteiger partial charge >= 0.3 is 0 Å². The molecule has 0 radical (unpaired) electrons. The fraction of sp³-hybridized carbons (Fsp3) is 0.400. The standard InChI is InChI=1S/C5H8INS/c1-3(4(2)7)5(6)8/h7H2,1-2H3. The molecule has 0 amide bonds. The Morgan fingerprint density at radius 1 is 1.50 bits per heavy atom. The summed E-state index contributed by atoms with van der Waals surface area (Å²) < 4.78 is 0.850. The molecule has 0 aliphatic heterocycles. The molecule has 0 atom stereocenters. The minimum absolute atomic E-state index is 0.810. The van der Waals surface area contributed by atoms with Crippen molar-refractivity contribution in [2.24, 2.45) is 5.73 Å². The molecule has 0 fully saturated rings. The molecule has 0 aliphatic rings. The first-order valence-electron chi connectivity index (χ1n) is 2.18. The molecule has 0 aromatic rings. The fourth-order valence-corrected chi connectivity index (χ4v) is 0.741. The third kappa shape index (κ3) is 2.61. The zero-order chi connectivity index (χ0) is 6.73. The van der Waals surface area contributed by atoms with Gasteiger partial charge in [0.25, 0.3) is 0 Å². The molecule has 0 heterocycles. The average Bonchev–Trinajstić information content (AvgIpc) is 1.64. The summed E-state index contributed by atoms with van der Waals surface area (Å²) in [7, 11) is 0. The second-order valence-electron chi connectivity index (χ2n) is 1.58. The van der Waals surface area contributed by atoms with Crippen molar-refractivity contribution in [2.45, 2.75) is 13.8 Å². The van der Waals surface area contributed by atoms with E-state index < -0.39 is 0 Å². The number of rotatable bonds is 1. The Morgan fingerprint density at radius 3 is 1.88 bits per heavy atom. The summed E-state index contributed by atoms with van der Waals surface area (Å²) in [5.41, 5.74) is 7.25. The van der Waals surface area contributed by atoms with Gasteiger partial charge in [-0.1, -0.05) is 12.2 Å². The predicted molar refractivity (Wildman–Crippen MR) is 49.2 cm³/mol. The summed E-state index contributed by atoms with van der Waals surface area (Å²) in [4.78, 5) is 0. The predicted octanol–water partition coefficient (Wildman–Crippen LogP) is 2.00. The number of thiocarbonyl (C=S) groups is 1. The molecule has 0 saturated carbocycles. The van der Waals surface area contributed by atoms with E-state index in [0.29, 0.717) is 0 Å². The summed E-state index contributed by atoms with van der Waals surface area (Å²) in [5, 5.41) is 0. The van der Waals surface area contributed by atoms with Crippen molar-refractivity contribution >= 4 is 37.7 Å². The second-order valence-corrected chi connectivity index (χ2v) is 3.80. The molecule has 0 spiro atoms. The van der Waals surface area contributed by atoms with E-state index in [0.717, 1.165) is 14.1 Å². The maximum absolute atomic E-state index is 5.42. The maximum atomic E-state index is 5.42. The fourth-order valence-electron chi connectivity index (χ4n) is 0.155. The van der Waals surface area contributed by atoms with E-state index in [-0.39, 0.29) is 0 Å². The van der Waals surface area contributed by atoms with Gasteiger partial charge in [-0.15, -0.1) is 0 Å². The summed E-state index contributed by atoms with van der Waals surface area (Å²) in [6.45, 7) is 3.77. The highest BCUT2D eigenvalue weighted by molar-refractivity contribution is 14.1. The van der Waals surface area contributed by atoms with Gasteiger partial charge in [-0.3, -0.25) is 0 Å². The van der Waals surface area contributed by atoms with Crippen LogP contribution >= 0.6 is 34.8 Å². The molecule has 0 unspecified atom stereocenters. The zero-order valence-corrected chi connectivity index (χ0v) is 7.84. The lowest BCUT2D eigenvalue weighted by Crippen LogP contribution is -1.98. The third-order valence-corrected chi connectivity index (χ3v) is 2.00. The number of hydrogen-bond donors (Lipinski definition) is 1. The van der Waals surface area contributed by atoms with E-state index in [9.17, 15) is 0 Å². The molecule has 0 rings (SSSR count). The van der Waals surface area contributed by atoms with E-state index in [1.54, 1.807) is 0 Å². The molecule has 0 aliphatic carbocycles. The van der Waals surface area contributed by atoms with E-state index >= 15 is 0 Å². The van der Waals surface area contributed by atoms with Crippen LogP contribution in [0.2, 0.25) is 0 Å². The van der Waals surface area contributed by atoms with Crippen LogP contribution in [0.1, 0.15) is 13.8 Å². The zero-order valence-electron chi connectivity index (χ0n) is 4.86. The van der Waals surface area contributed by atoms with Crippen molar-refractivity contribution in [3.63, 3.8) is 0 Å². The Bertz CT molecular complexity index is 135. The van der Waals surface area contributed by atoms with Crippen molar-refractivity contribution < 1.29 is 0 Å². The van der Waals surface area contributed by atoms with E-state index in [2.05, 4.69) is 22.6 Å². The topological polar surface area (TPSA) is 26.0 Å². The molecular formula is C5H8INS. The van der Waals surface area contributed by atoms with Crippen LogP contribution in [-0.2, 0) is 0 Å². The molecule has 0 aromatic carbocycles. The van der Waals surface area contributed by atoms with Crippen LogP contribution in [0.5, 0.6) is 0 Å². The summed E-state index contributed by atoms with van der Waals surface area (Å²) in [6.07, 6.45) is 0. The molecule has 8 heavy (non-hydrogen) atoms. The van der Waals surface area contributed by atoms with Crippen molar-refractivity contribution in [3.05, 3.63) is 11.3 Å². The van der Waals surface area contributed by atoms with Crippen LogP contribution in [0.15, 0.2) is 11.3 Å². The second kappa shape index (κ2) is 3.40. The van der Waals surface area contributed by atoms with Crippen LogP contribution in [0, 0.1) is 0 Å². The molecule has 2 N–H and O–H groups in total. The molecular weight excluding hydrogens is 233 g/mol. The van der Waals surface area contributed by atoms with E-state index in [1.165, 1.54) is 0 Å². The molecule has 0 aromatic heterocycles. The largest absolute Gasteiger partial charge is 0.402 e. The summed E-state index contributed by atoms with van der Waals surface area (Å²) in [6, 6.07) is 0. The number of hydrogen-bond acceptors (Lipinski definition) is 2. The van der Waals surface area contributed by atoms with Gasteiger partial charge < -0.3 is 5.73 Å². The Morgan fingerprint density at radius 2 is 1.88 bits per heavy atom. The molecule has 0 saturated heterocycles. The summed E-state index contributed by atoms with van der Waals surface area (Å²) >= 11 is 6.92. The Balaban J connectivity index is 4.23.